The van der Waals surface area contributed by atoms with Crippen LogP contribution in [0.5, 0.6) is 5.75 Å². The van der Waals surface area contributed by atoms with Gasteiger partial charge in [0, 0.05) is 4.47 Å². The van der Waals surface area contributed by atoms with Gasteiger partial charge in [0.05, 0.1) is 7.11 Å². The highest BCUT2D eigenvalue weighted by atomic mass is 79.9. The van der Waals surface area contributed by atoms with E-state index in [1.807, 2.05) is 6.07 Å². The van der Waals surface area contributed by atoms with Crippen LogP contribution in [-0.4, -0.2) is 7.11 Å². The van der Waals surface area contributed by atoms with E-state index in [1.54, 1.807) is 7.11 Å². The molecular formula is C11H15BrO. The summed E-state index contributed by atoms with van der Waals surface area (Å²) in [5.74, 6) is 0.902. The lowest BCUT2D eigenvalue weighted by Gasteiger charge is -2.20. The first-order valence-corrected chi connectivity index (χ1v) is 5.08. The van der Waals surface area contributed by atoms with Crippen molar-refractivity contribution in [3.63, 3.8) is 0 Å². The molecule has 1 aromatic rings. The maximum absolute atomic E-state index is 5.20. The fourth-order valence-corrected chi connectivity index (χ4v) is 1.59. The molecule has 0 amide bonds. The van der Waals surface area contributed by atoms with Gasteiger partial charge in [-0.3, -0.25) is 0 Å². The predicted octanol–water partition coefficient (Wildman–Crippen LogP) is 3.76. The highest BCUT2D eigenvalue weighted by Gasteiger charge is 2.14. The Morgan fingerprint density at radius 1 is 1.15 bits per heavy atom. The molecule has 2 heteroatoms. The molecule has 1 aromatic carbocycles. The highest BCUT2D eigenvalue weighted by molar-refractivity contribution is 9.10. The molecule has 0 bridgehead atoms. The van der Waals surface area contributed by atoms with Crippen molar-refractivity contribution in [1.82, 2.24) is 0 Å². The molecule has 0 radical (unpaired) electrons. The summed E-state index contributed by atoms with van der Waals surface area (Å²) in [7, 11) is 1.69. The predicted molar refractivity (Wildman–Crippen MR) is 59.4 cm³/mol. The number of hydrogen-bond donors (Lipinski definition) is 0. The van der Waals surface area contributed by atoms with E-state index in [0.29, 0.717) is 0 Å². The van der Waals surface area contributed by atoms with Gasteiger partial charge in [-0.05, 0) is 29.2 Å². The first kappa shape index (κ1) is 10.6. The number of halogens is 1. The average molecular weight is 243 g/mol. The first-order chi connectivity index (χ1) is 5.93. The third-order valence-corrected chi connectivity index (χ3v) is 2.43. The van der Waals surface area contributed by atoms with Crippen LogP contribution in [0.25, 0.3) is 0 Å². The summed E-state index contributed by atoms with van der Waals surface area (Å²) < 4.78 is 6.27. The third-order valence-electron chi connectivity index (χ3n) is 1.97. The minimum atomic E-state index is 0.164. The van der Waals surface area contributed by atoms with Crippen molar-refractivity contribution < 1.29 is 4.74 Å². The molecule has 0 fully saturated rings. The van der Waals surface area contributed by atoms with Gasteiger partial charge in [-0.25, -0.2) is 0 Å². The van der Waals surface area contributed by atoms with E-state index in [4.69, 9.17) is 4.74 Å². The van der Waals surface area contributed by atoms with Crippen molar-refractivity contribution in [3.8, 4) is 5.75 Å². The normalized spacial score (nSPS) is 11.5. The van der Waals surface area contributed by atoms with Crippen LogP contribution in [0.2, 0.25) is 0 Å². The zero-order valence-electron chi connectivity index (χ0n) is 8.52. The van der Waals surface area contributed by atoms with Crippen LogP contribution in [0.3, 0.4) is 0 Å². The van der Waals surface area contributed by atoms with Crippen LogP contribution in [0.4, 0.5) is 0 Å². The molecule has 13 heavy (non-hydrogen) atoms. The Kier molecular flexibility index (Phi) is 3.01. The lowest BCUT2D eigenvalue weighted by Crippen LogP contribution is -2.10. The molecule has 0 aliphatic carbocycles. The largest absolute Gasteiger partial charge is 0.497 e. The summed E-state index contributed by atoms with van der Waals surface area (Å²) in [5.41, 5.74) is 1.44. The Bertz CT molecular complexity index is 299. The van der Waals surface area contributed by atoms with Crippen LogP contribution in [0, 0.1) is 0 Å². The van der Waals surface area contributed by atoms with Gasteiger partial charge in [0.2, 0.25) is 0 Å². The van der Waals surface area contributed by atoms with Gasteiger partial charge in [-0.1, -0.05) is 36.7 Å². The quantitative estimate of drug-likeness (QED) is 0.729. The standard InChI is InChI=1S/C11H15BrO/c1-11(2,3)8-5-9(12)7-10(6-8)13-4/h5-7H,1-4H3. The second kappa shape index (κ2) is 3.70. The number of rotatable bonds is 1. The fraction of sp³-hybridized carbons (Fsp3) is 0.455. The van der Waals surface area contributed by atoms with E-state index in [2.05, 4.69) is 48.8 Å². The van der Waals surface area contributed by atoms with Gasteiger partial charge in [0.15, 0.2) is 0 Å². The highest BCUT2D eigenvalue weighted by Crippen LogP contribution is 2.29. The maximum Gasteiger partial charge on any atom is 0.120 e. The second-order valence-corrected chi connectivity index (χ2v) is 5.05. The zero-order valence-corrected chi connectivity index (χ0v) is 10.1. The smallest absolute Gasteiger partial charge is 0.120 e. The van der Waals surface area contributed by atoms with Crippen molar-refractivity contribution in [2.45, 2.75) is 26.2 Å². The summed E-state index contributed by atoms with van der Waals surface area (Å²) >= 11 is 3.47. The van der Waals surface area contributed by atoms with Crippen LogP contribution in [0.1, 0.15) is 26.3 Å². The fourth-order valence-electron chi connectivity index (χ4n) is 1.11. The number of methoxy groups -OCH3 is 1. The van der Waals surface area contributed by atoms with Gasteiger partial charge < -0.3 is 4.74 Å². The average Bonchev–Trinajstić information content (AvgIpc) is 2.01. The molecule has 0 heterocycles. The van der Waals surface area contributed by atoms with E-state index in [9.17, 15) is 0 Å². The molecular weight excluding hydrogens is 228 g/mol. The monoisotopic (exact) mass is 242 g/mol. The Morgan fingerprint density at radius 3 is 2.23 bits per heavy atom. The molecule has 0 N–H and O–H groups in total. The van der Waals surface area contributed by atoms with Gasteiger partial charge in [-0.2, -0.15) is 0 Å². The van der Waals surface area contributed by atoms with Crippen molar-refractivity contribution in [3.05, 3.63) is 28.2 Å². The minimum absolute atomic E-state index is 0.164. The molecule has 0 aromatic heterocycles. The molecule has 0 unspecified atom stereocenters. The maximum atomic E-state index is 5.20. The lowest BCUT2D eigenvalue weighted by atomic mass is 9.87. The van der Waals surface area contributed by atoms with Gasteiger partial charge in [-0.15, -0.1) is 0 Å². The Labute approximate surface area is 88.2 Å². The van der Waals surface area contributed by atoms with E-state index < -0.39 is 0 Å². The molecule has 72 valence electrons. The number of hydrogen-bond acceptors (Lipinski definition) is 1. The topological polar surface area (TPSA) is 9.23 Å². The SMILES string of the molecule is COc1cc(Br)cc(C(C)(C)C)c1. The van der Waals surface area contributed by atoms with Crippen LogP contribution in [-0.2, 0) is 5.41 Å². The van der Waals surface area contributed by atoms with Gasteiger partial charge in [0.1, 0.15) is 5.75 Å². The van der Waals surface area contributed by atoms with Crippen LogP contribution < -0.4 is 4.74 Å². The van der Waals surface area contributed by atoms with Gasteiger partial charge in [0.25, 0.3) is 0 Å². The summed E-state index contributed by atoms with van der Waals surface area (Å²) in [6.07, 6.45) is 0. The van der Waals surface area contributed by atoms with Crippen molar-refractivity contribution in [2.75, 3.05) is 7.11 Å². The van der Waals surface area contributed by atoms with E-state index >= 15 is 0 Å². The molecule has 1 nitrogen and oxygen atoms in total. The van der Waals surface area contributed by atoms with Crippen molar-refractivity contribution >= 4 is 15.9 Å². The number of benzene rings is 1. The third kappa shape index (κ3) is 2.73. The van der Waals surface area contributed by atoms with Gasteiger partial charge >= 0.3 is 0 Å². The van der Waals surface area contributed by atoms with Crippen LogP contribution >= 0.6 is 15.9 Å². The Morgan fingerprint density at radius 2 is 1.77 bits per heavy atom. The van der Waals surface area contributed by atoms with E-state index in [0.717, 1.165) is 10.2 Å². The summed E-state index contributed by atoms with van der Waals surface area (Å²) in [6, 6.07) is 6.17. The number of ether oxygens (including phenoxy) is 1. The second-order valence-electron chi connectivity index (χ2n) is 4.13. The molecule has 0 atom stereocenters. The molecule has 1 rings (SSSR count). The summed E-state index contributed by atoms with van der Waals surface area (Å²) in [5, 5.41) is 0. The Balaban J connectivity index is 3.16. The Hall–Kier alpha value is -0.500. The van der Waals surface area contributed by atoms with E-state index in [1.165, 1.54) is 5.56 Å². The molecule has 0 aliphatic rings. The lowest BCUT2D eigenvalue weighted by molar-refractivity contribution is 0.412. The van der Waals surface area contributed by atoms with Crippen molar-refractivity contribution in [1.29, 1.82) is 0 Å². The minimum Gasteiger partial charge on any atom is -0.497 e. The molecule has 0 spiro atoms. The van der Waals surface area contributed by atoms with E-state index in [-0.39, 0.29) is 5.41 Å². The van der Waals surface area contributed by atoms with Crippen molar-refractivity contribution in [2.24, 2.45) is 0 Å². The summed E-state index contributed by atoms with van der Waals surface area (Å²) in [4.78, 5) is 0. The zero-order chi connectivity index (χ0) is 10.1. The molecule has 0 saturated carbocycles. The van der Waals surface area contributed by atoms with Crippen LogP contribution in [0.15, 0.2) is 22.7 Å². The molecule has 0 saturated heterocycles. The summed E-state index contributed by atoms with van der Waals surface area (Å²) in [6.45, 7) is 6.57. The first-order valence-electron chi connectivity index (χ1n) is 4.28. The molecule has 0 aliphatic heterocycles.